The SMILES string of the molecule is O=C(Nc1ccccc1)c1c(N=Cc2ccccc2OCc2ccccc2Cl)sc2c1CCCCCC2. The van der Waals surface area contributed by atoms with Crippen LogP contribution in [0.4, 0.5) is 10.7 Å². The van der Waals surface area contributed by atoms with E-state index >= 15 is 0 Å². The number of rotatable bonds is 7. The van der Waals surface area contributed by atoms with Crippen LogP contribution in [-0.4, -0.2) is 12.1 Å². The molecule has 0 bridgehead atoms. The second-order valence-electron chi connectivity index (χ2n) is 9.09. The maximum atomic E-state index is 13.5. The standard InChI is InChI=1S/C31H29ClN2O2S/c32-26-17-10-8-13-23(26)21-36-27-18-11-9-12-22(27)20-33-31-29(30(35)34-24-14-4-3-5-15-24)25-16-6-1-2-7-19-28(25)37-31/h3-5,8-15,17-18,20H,1-2,6-7,16,19,21H2,(H,34,35). The van der Waals surface area contributed by atoms with Crippen molar-refractivity contribution in [3.8, 4) is 5.75 Å². The average Bonchev–Trinajstić information content (AvgIpc) is 3.24. The molecule has 4 aromatic rings. The molecule has 4 nitrogen and oxygen atoms in total. The van der Waals surface area contributed by atoms with E-state index in [-0.39, 0.29) is 5.91 Å². The van der Waals surface area contributed by atoms with Crippen molar-refractivity contribution in [1.82, 2.24) is 0 Å². The molecule has 0 atom stereocenters. The Balaban J connectivity index is 1.44. The number of halogens is 1. The monoisotopic (exact) mass is 528 g/mol. The van der Waals surface area contributed by atoms with Gasteiger partial charge in [0.1, 0.15) is 17.4 Å². The van der Waals surface area contributed by atoms with Gasteiger partial charge in [0.05, 0.1) is 5.56 Å². The Bertz CT molecular complexity index is 1400. The molecule has 1 heterocycles. The number of para-hydroxylation sites is 2. The molecule has 1 aliphatic carbocycles. The normalized spacial score (nSPS) is 13.5. The summed E-state index contributed by atoms with van der Waals surface area (Å²) in [5.41, 5.74) is 4.43. The fraction of sp³-hybridized carbons (Fsp3) is 0.226. The van der Waals surface area contributed by atoms with E-state index in [1.54, 1.807) is 17.6 Å². The zero-order valence-electron chi connectivity index (χ0n) is 20.6. The highest BCUT2D eigenvalue weighted by Crippen LogP contribution is 2.39. The number of hydrogen-bond donors (Lipinski definition) is 1. The van der Waals surface area contributed by atoms with Crippen LogP contribution in [0.3, 0.4) is 0 Å². The first-order valence-corrected chi connectivity index (χ1v) is 13.9. The molecule has 6 heteroatoms. The third-order valence-electron chi connectivity index (χ3n) is 6.49. The van der Waals surface area contributed by atoms with Gasteiger partial charge in [0.2, 0.25) is 0 Å². The number of hydrogen-bond acceptors (Lipinski definition) is 4. The summed E-state index contributed by atoms with van der Waals surface area (Å²) in [6.07, 6.45) is 8.39. The third kappa shape index (κ3) is 6.30. The summed E-state index contributed by atoms with van der Waals surface area (Å²) in [4.78, 5) is 19.7. The molecule has 1 aromatic heterocycles. The highest BCUT2D eigenvalue weighted by molar-refractivity contribution is 7.16. The molecule has 1 amide bonds. The number of anilines is 1. The summed E-state index contributed by atoms with van der Waals surface area (Å²) in [5, 5.41) is 4.51. The van der Waals surface area contributed by atoms with E-state index in [0.717, 1.165) is 58.8 Å². The number of amides is 1. The molecular weight excluding hydrogens is 500 g/mol. The van der Waals surface area contributed by atoms with Gasteiger partial charge in [-0.25, -0.2) is 4.99 Å². The third-order valence-corrected chi connectivity index (χ3v) is 8.06. The predicted molar refractivity (Wildman–Crippen MR) is 154 cm³/mol. The van der Waals surface area contributed by atoms with E-state index in [2.05, 4.69) is 5.32 Å². The van der Waals surface area contributed by atoms with Crippen LogP contribution in [0.15, 0.2) is 83.9 Å². The molecular formula is C31H29ClN2O2S. The molecule has 1 N–H and O–H groups in total. The largest absolute Gasteiger partial charge is 0.488 e. The minimum absolute atomic E-state index is 0.0975. The summed E-state index contributed by atoms with van der Waals surface area (Å²) < 4.78 is 6.11. The van der Waals surface area contributed by atoms with Gasteiger partial charge in [-0.15, -0.1) is 11.3 Å². The smallest absolute Gasteiger partial charge is 0.259 e. The summed E-state index contributed by atoms with van der Waals surface area (Å²) in [5.74, 6) is 0.621. The number of thiophene rings is 1. The van der Waals surface area contributed by atoms with Crippen LogP contribution in [0.1, 0.15) is 57.6 Å². The van der Waals surface area contributed by atoms with E-state index in [1.807, 2.05) is 78.9 Å². The van der Waals surface area contributed by atoms with Crippen LogP contribution in [0.5, 0.6) is 5.75 Å². The van der Waals surface area contributed by atoms with E-state index in [4.69, 9.17) is 21.3 Å². The second kappa shape index (κ2) is 12.2. The van der Waals surface area contributed by atoms with E-state index in [0.29, 0.717) is 17.2 Å². The molecule has 0 spiro atoms. The summed E-state index contributed by atoms with van der Waals surface area (Å²) >= 11 is 7.95. The van der Waals surface area contributed by atoms with Gasteiger partial charge >= 0.3 is 0 Å². The molecule has 0 radical (unpaired) electrons. The van der Waals surface area contributed by atoms with E-state index in [1.165, 1.54) is 17.7 Å². The van der Waals surface area contributed by atoms with Gasteiger partial charge in [-0.1, -0.05) is 73.0 Å². The minimum Gasteiger partial charge on any atom is -0.488 e. The van der Waals surface area contributed by atoms with Gasteiger partial charge < -0.3 is 10.1 Å². The fourth-order valence-corrected chi connectivity index (χ4v) is 5.98. The molecule has 188 valence electrons. The highest BCUT2D eigenvalue weighted by atomic mass is 35.5. The minimum atomic E-state index is -0.0975. The Morgan fingerprint density at radius 2 is 1.65 bits per heavy atom. The van der Waals surface area contributed by atoms with Crippen molar-refractivity contribution in [3.63, 3.8) is 0 Å². The number of carbonyl (C=O) groups is 1. The molecule has 0 unspecified atom stereocenters. The van der Waals surface area contributed by atoms with Crippen LogP contribution < -0.4 is 10.1 Å². The Labute approximate surface area is 227 Å². The van der Waals surface area contributed by atoms with Crippen LogP contribution >= 0.6 is 22.9 Å². The van der Waals surface area contributed by atoms with Crippen LogP contribution in [-0.2, 0) is 19.4 Å². The number of fused-ring (bicyclic) bond motifs is 1. The van der Waals surface area contributed by atoms with Gasteiger partial charge in [0, 0.05) is 32.9 Å². The lowest BCUT2D eigenvalue weighted by Crippen LogP contribution is -2.14. The number of benzene rings is 3. The van der Waals surface area contributed by atoms with Gasteiger partial charge in [0.15, 0.2) is 0 Å². The maximum absolute atomic E-state index is 13.5. The van der Waals surface area contributed by atoms with Crippen molar-refractivity contribution in [2.75, 3.05) is 5.32 Å². The van der Waals surface area contributed by atoms with E-state index < -0.39 is 0 Å². The second-order valence-corrected chi connectivity index (χ2v) is 10.6. The van der Waals surface area contributed by atoms with Gasteiger partial charge in [-0.3, -0.25) is 4.79 Å². The highest BCUT2D eigenvalue weighted by Gasteiger charge is 2.24. The lowest BCUT2D eigenvalue weighted by molar-refractivity contribution is 0.102. The molecule has 1 aliphatic rings. The first-order chi connectivity index (χ1) is 18.2. The molecule has 0 fully saturated rings. The summed E-state index contributed by atoms with van der Waals surface area (Å²) in [6, 6.07) is 25.1. The van der Waals surface area contributed by atoms with Gasteiger partial charge in [0.25, 0.3) is 5.91 Å². The van der Waals surface area contributed by atoms with Crippen molar-refractivity contribution < 1.29 is 9.53 Å². The zero-order chi connectivity index (χ0) is 25.5. The van der Waals surface area contributed by atoms with Crippen LogP contribution in [0.25, 0.3) is 0 Å². The Morgan fingerprint density at radius 1 is 0.919 bits per heavy atom. The van der Waals surface area contributed by atoms with Crippen molar-refractivity contribution in [3.05, 3.63) is 111 Å². The number of aliphatic imine (C=N–C) groups is 1. The first kappa shape index (κ1) is 25.2. The molecule has 5 rings (SSSR count). The molecule has 0 aliphatic heterocycles. The molecule has 3 aromatic carbocycles. The van der Waals surface area contributed by atoms with Crippen LogP contribution in [0, 0.1) is 0 Å². The number of carbonyl (C=O) groups excluding carboxylic acids is 1. The first-order valence-electron chi connectivity index (χ1n) is 12.7. The topological polar surface area (TPSA) is 50.7 Å². The van der Waals surface area contributed by atoms with Crippen molar-refractivity contribution in [2.45, 2.75) is 45.1 Å². The Hall–Kier alpha value is -3.41. The summed E-state index contributed by atoms with van der Waals surface area (Å²) in [6.45, 7) is 0.364. The Morgan fingerprint density at radius 3 is 2.49 bits per heavy atom. The predicted octanol–water partition coefficient (Wildman–Crippen LogP) is 8.64. The molecule has 37 heavy (non-hydrogen) atoms. The number of ether oxygens (including phenoxy) is 1. The maximum Gasteiger partial charge on any atom is 0.259 e. The quantitative estimate of drug-likeness (QED) is 0.244. The van der Waals surface area contributed by atoms with Crippen molar-refractivity contribution in [1.29, 1.82) is 0 Å². The zero-order valence-corrected chi connectivity index (χ0v) is 22.2. The van der Waals surface area contributed by atoms with Crippen molar-refractivity contribution >= 4 is 45.7 Å². The molecule has 0 saturated heterocycles. The number of nitrogens with zero attached hydrogens (tertiary/aromatic N) is 1. The fourth-order valence-electron chi connectivity index (χ4n) is 4.56. The van der Waals surface area contributed by atoms with Crippen molar-refractivity contribution in [2.24, 2.45) is 4.99 Å². The number of aryl methyl sites for hydroxylation is 1. The van der Waals surface area contributed by atoms with Gasteiger partial charge in [-0.05, 0) is 61.6 Å². The van der Waals surface area contributed by atoms with Crippen LogP contribution in [0.2, 0.25) is 5.02 Å². The lowest BCUT2D eigenvalue weighted by atomic mass is 9.96. The molecule has 0 saturated carbocycles. The lowest BCUT2D eigenvalue weighted by Gasteiger charge is -2.12. The number of nitrogens with one attached hydrogen (secondary N) is 1. The van der Waals surface area contributed by atoms with E-state index in [9.17, 15) is 4.79 Å². The van der Waals surface area contributed by atoms with Gasteiger partial charge in [-0.2, -0.15) is 0 Å². The average molecular weight is 529 g/mol. The summed E-state index contributed by atoms with van der Waals surface area (Å²) in [7, 11) is 0. The Kier molecular flexibility index (Phi) is 8.34.